The zero-order valence-electron chi connectivity index (χ0n) is 18.4. The number of anilines is 2. The van der Waals surface area contributed by atoms with Gasteiger partial charge in [0.05, 0.1) is 30.2 Å². The average molecular weight is 453 g/mol. The predicted molar refractivity (Wildman–Crippen MR) is 121 cm³/mol. The van der Waals surface area contributed by atoms with Gasteiger partial charge in [0.2, 0.25) is 5.95 Å². The fraction of sp³-hybridized carbons (Fsp3) is 0.478. The van der Waals surface area contributed by atoms with Gasteiger partial charge in [0, 0.05) is 39.3 Å². The number of nitrogens with zero attached hydrogens (tertiary/aromatic N) is 6. The van der Waals surface area contributed by atoms with Crippen molar-refractivity contribution in [2.45, 2.75) is 31.5 Å². The van der Waals surface area contributed by atoms with Crippen molar-refractivity contribution in [1.29, 1.82) is 0 Å². The third kappa shape index (κ3) is 4.50. The lowest BCUT2D eigenvalue weighted by molar-refractivity contribution is 0.0941. The molecule has 2 atom stereocenters. The zero-order valence-corrected chi connectivity index (χ0v) is 18.4. The Kier molecular flexibility index (Phi) is 5.89. The van der Waals surface area contributed by atoms with Crippen LogP contribution in [0.15, 0.2) is 42.7 Å². The first-order valence-electron chi connectivity index (χ1n) is 11.4. The number of fused-ring (bicyclic) bond motifs is 2. The van der Waals surface area contributed by atoms with E-state index >= 15 is 0 Å². The van der Waals surface area contributed by atoms with Crippen molar-refractivity contribution in [3.8, 4) is 0 Å². The van der Waals surface area contributed by atoms with Gasteiger partial charge in [-0.25, -0.2) is 19.6 Å². The highest BCUT2D eigenvalue weighted by Gasteiger charge is 2.42. The van der Waals surface area contributed by atoms with E-state index in [1.807, 2.05) is 42.7 Å². The number of carbonyl (C=O) groups is 2. The summed E-state index contributed by atoms with van der Waals surface area (Å²) in [7, 11) is 0. The Hall–Kier alpha value is -3.56. The molecule has 10 nitrogen and oxygen atoms in total. The van der Waals surface area contributed by atoms with Crippen LogP contribution in [0.1, 0.15) is 18.4 Å². The maximum absolute atomic E-state index is 12.4. The average Bonchev–Trinajstić information content (AvgIpc) is 3.12. The predicted octanol–water partition coefficient (Wildman–Crippen LogP) is 2.27. The number of piperazine rings is 2. The number of rotatable bonds is 4. The number of hydrogen-bond donors (Lipinski definition) is 1. The number of amides is 2. The van der Waals surface area contributed by atoms with Crippen molar-refractivity contribution >= 4 is 23.8 Å². The highest BCUT2D eigenvalue weighted by Crippen LogP contribution is 2.33. The largest absolute Gasteiger partial charge is 0.465 e. The Balaban J connectivity index is 1.14. The summed E-state index contributed by atoms with van der Waals surface area (Å²) in [6.45, 7) is 3.81. The number of benzene rings is 1. The van der Waals surface area contributed by atoms with Gasteiger partial charge in [0.1, 0.15) is 6.61 Å². The molecule has 2 bridgehead atoms. The van der Waals surface area contributed by atoms with Gasteiger partial charge in [0.15, 0.2) is 0 Å². The molecule has 10 heteroatoms. The molecule has 3 saturated heterocycles. The van der Waals surface area contributed by atoms with Crippen LogP contribution in [0.5, 0.6) is 0 Å². The number of likely N-dealkylation sites (tertiary alicyclic amines) is 1. The van der Waals surface area contributed by atoms with Crippen LogP contribution in [0.3, 0.4) is 0 Å². The van der Waals surface area contributed by atoms with Crippen LogP contribution in [0.2, 0.25) is 0 Å². The van der Waals surface area contributed by atoms with Crippen LogP contribution in [0, 0.1) is 0 Å². The maximum Gasteiger partial charge on any atom is 0.410 e. The Morgan fingerprint density at radius 2 is 1.58 bits per heavy atom. The summed E-state index contributed by atoms with van der Waals surface area (Å²) >= 11 is 0. The maximum atomic E-state index is 12.4. The number of hydrogen-bond acceptors (Lipinski definition) is 7. The summed E-state index contributed by atoms with van der Waals surface area (Å²) in [6, 6.07) is 9.93. The molecule has 33 heavy (non-hydrogen) atoms. The fourth-order valence-electron chi connectivity index (χ4n) is 4.95. The van der Waals surface area contributed by atoms with E-state index in [1.54, 1.807) is 4.90 Å². The SMILES string of the molecule is O=C(O)N1CC2CCC(C1)N2c1ncc(N2CCN(C(=O)OCc3ccccc3)CC2)cn1. The molecule has 3 aliphatic rings. The molecule has 1 aromatic heterocycles. The summed E-state index contributed by atoms with van der Waals surface area (Å²) in [5, 5.41) is 9.31. The number of ether oxygens (including phenoxy) is 1. The second-order valence-electron chi connectivity index (χ2n) is 8.74. The second kappa shape index (κ2) is 9.13. The molecule has 1 aromatic carbocycles. The molecule has 0 aliphatic carbocycles. The van der Waals surface area contributed by atoms with E-state index in [0.717, 1.165) is 24.1 Å². The van der Waals surface area contributed by atoms with Crippen molar-refractivity contribution in [2.24, 2.45) is 0 Å². The van der Waals surface area contributed by atoms with E-state index < -0.39 is 6.09 Å². The van der Waals surface area contributed by atoms with Gasteiger partial charge in [-0.3, -0.25) is 0 Å². The lowest BCUT2D eigenvalue weighted by Crippen LogP contribution is -2.55. The smallest absolute Gasteiger partial charge is 0.410 e. The third-order valence-corrected chi connectivity index (χ3v) is 6.72. The quantitative estimate of drug-likeness (QED) is 0.754. The summed E-state index contributed by atoms with van der Waals surface area (Å²) in [5.74, 6) is 0.666. The Labute approximate surface area is 192 Å². The molecule has 2 unspecified atom stereocenters. The topological polar surface area (TPSA) is 102 Å². The molecule has 0 saturated carbocycles. The van der Waals surface area contributed by atoms with Crippen LogP contribution in [0.25, 0.3) is 0 Å². The van der Waals surface area contributed by atoms with Crippen molar-refractivity contribution < 1.29 is 19.4 Å². The molecule has 2 aromatic rings. The number of carbonyl (C=O) groups excluding carboxylic acids is 1. The summed E-state index contributed by atoms with van der Waals surface area (Å²) < 4.78 is 5.44. The van der Waals surface area contributed by atoms with E-state index in [9.17, 15) is 14.7 Å². The molecule has 2 amide bonds. The van der Waals surface area contributed by atoms with Gasteiger partial charge >= 0.3 is 12.2 Å². The summed E-state index contributed by atoms with van der Waals surface area (Å²) in [4.78, 5) is 40.5. The third-order valence-electron chi connectivity index (χ3n) is 6.72. The molecule has 0 spiro atoms. The summed E-state index contributed by atoms with van der Waals surface area (Å²) in [5.41, 5.74) is 1.90. The molecule has 174 valence electrons. The molecule has 3 aliphatic heterocycles. The number of carboxylic acid groups (broad SMARTS) is 1. The van der Waals surface area contributed by atoms with E-state index in [0.29, 0.717) is 45.2 Å². The monoisotopic (exact) mass is 452 g/mol. The van der Waals surface area contributed by atoms with Crippen molar-refractivity contribution in [2.75, 3.05) is 49.1 Å². The minimum Gasteiger partial charge on any atom is -0.465 e. The van der Waals surface area contributed by atoms with Crippen LogP contribution in [-0.4, -0.2) is 88.4 Å². The first-order valence-corrected chi connectivity index (χ1v) is 11.4. The molecule has 0 radical (unpaired) electrons. The minimum atomic E-state index is -0.856. The van der Waals surface area contributed by atoms with Gasteiger partial charge in [-0.1, -0.05) is 30.3 Å². The van der Waals surface area contributed by atoms with Crippen molar-refractivity contribution in [1.82, 2.24) is 19.8 Å². The zero-order chi connectivity index (χ0) is 22.8. The van der Waals surface area contributed by atoms with Gasteiger partial charge in [-0.2, -0.15) is 0 Å². The normalized spacial score (nSPS) is 22.4. The van der Waals surface area contributed by atoms with Crippen LogP contribution in [-0.2, 0) is 11.3 Å². The van der Waals surface area contributed by atoms with Crippen LogP contribution in [0.4, 0.5) is 21.2 Å². The van der Waals surface area contributed by atoms with E-state index in [1.165, 1.54) is 4.90 Å². The first-order chi connectivity index (χ1) is 16.1. The fourth-order valence-corrected chi connectivity index (χ4v) is 4.95. The highest BCUT2D eigenvalue weighted by molar-refractivity contribution is 5.68. The van der Waals surface area contributed by atoms with Crippen LogP contribution >= 0.6 is 0 Å². The van der Waals surface area contributed by atoms with Gasteiger partial charge < -0.3 is 29.4 Å². The van der Waals surface area contributed by atoms with Crippen LogP contribution < -0.4 is 9.80 Å². The second-order valence-corrected chi connectivity index (χ2v) is 8.74. The molecule has 3 fully saturated rings. The Morgan fingerprint density at radius 1 is 0.939 bits per heavy atom. The first kappa shape index (κ1) is 21.3. The molecule has 4 heterocycles. The van der Waals surface area contributed by atoms with Crippen molar-refractivity contribution in [3.05, 3.63) is 48.3 Å². The molecular weight excluding hydrogens is 424 g/mol. The lowest BCUT2D eigenvalue weighted by Gasteiger charge is -2.40. The van der Waals surface area contributed by atoms with E-state index in [2.05, 4.69) is 19.8 Å². The minimum absolute atomic E-state index is 0.135. The Bertz CT molecular complexity index is 966. The van der Waals surface area contributed by atoms with E-state index in [4.69, 9.17) is 4.74 Å². The summed E-state index contributed by atoms with van der Waals surface area (Å²) in [6.07, 6.45) is 4.43. The molecular formula is C23H28N6O4. The van der Waals surface area contributed by atoms with E-state index in [-0.39, 0.29) is 24.8 Å². The number of aromatic nitrogens is 2. The van der Waals surface area contributed by atoms with Gasteiger partial charge in [-0.05, 0) is 18.4 Å². The molecule has 5 rings (SSSR count). The lowest BCUT2D eigenvalue weighted by atomic mass is 10.2. The van der Waals surface area contributed by atoms with Gasteiger partial charge in [-0.15, -0.1) is 0 Å². The van der Waals surface area contributed by atoms with Crippen molar-refractivity contribution in [3.63, 3.8) is 0 Å². The molecule has 1 N–H and O–H groups in total. The standard InChI is InChI=1S/C23H28N6O4/c30-22(31)28-14-18-6-7-19(15-28)29(18)21-24-12-20(13-25-21)26-8-10-27(11-9-26)23(32)33-16-17-4-2-1-3-5-17/h1-5,12-13,18-19H,6-11,14-16H2,(H,30,31). The van der Waals surface area contributed by atoms with Gasteiger partial charge in [0.25, 0.3) is 0 Å². The highest BCUT2D eigenvalue weighted by atomic mass is 16.6. The Morgan fingerprint density at radius 3 is 2.18 bits per heavy atom.